The monoisotopic (exact) mass is 334 g/mol. The molecule has 0 bridgehead atoms. The van der Waals surface area contributed by atoms with Crippen molar-refractivity contribution in [2.24, 2.45) is 0 Å². The number of unbranched alkanes of at least 4 members (excludes halogenated alkanes) is 8. The zero-order valence-corrected chi connectivity index (χ0v) is 15.2. The summed E-state index contributed by atoms with van der Waals surface area (Å²) < 4.78 is 0. The predicted octanol–water partition coefficient (Wildman–Crippen LogP) is 5.04. The SMILES string of the molecule is CCCCCCCCCCCN(CCO)C(=O)Nc1ccccc1. The molecule has 0 saturated heterocycles. The van der Waals surface area contributed by atoms with Crippen molar-refractivity contribution in [1.29, 1.82) is 0 Å². The summed E-state index contributed by atoms with van der Waals surface area (Å²) >= 11 is 0. The van der Waals surface area contributed by atoms with Crippen LogP contribution in [0, 0.1) is 0 Å². The van der Waals surface area contributed by atoms with Gasteiger partial charge in [-0.25, -0.2) is 4.79 Å². The summed E-state index contributed by atoms with van der Waals surface area (Å²) in [6.45, 7) is 3.33. The van der Waals surface area contributed by atoms with Crippen molar-refractivity contribution in [3.63, 3.8) is 0 Å². The molecule has 4 nitrogen and oxygen atoms in total. The number of nitrogens with one attached hydrogen (secondary N) is 1. The van der Waals surface area contributed by atoms with Crippen LogP contribution in [0.25, 0.3) is 0 Å². The highest BCUT2D eigenvalue weighted by Crippen LogP contribution is 2.11. The van der Waals surface area contributed by atoms with Gasteiger partial charge in [-0.1, -0.05) is 76.5 Å². The number of carbonyl (C=O) groups is 1. The molecule has 0 heterocycles. The molecule has 1 aromatic carbocycles. The van der Waals surface area contributed by atoms with Crippen molar-refractivity contribution in [2.75, 3.05) is 25.0 Å². The number of anilines is 1. The van der Waals surface area contributed by atoms with Crippen LogP contribution in [-0.2, 0) is 0 Å². The number of benzene rings is 1. The second kappa shape index (κ2) is 13.8. The van der Waals surface area contributed by atoms with Crippen LogP contribution < -0.4 is 5.32 Å². The van der Waals surface area contributed by atoms with E-state index in [2.05, 4.69) is 12.2 Å². The number of para-hydroxylation sites is 1. The van der Waals surface area contributed by atoms with Gasteiger partial charge in [0.1, 0.15) is 0 Å². The first-order valence-corrected chi connectivity index (χ1v) is 9.49. The Hall–Kier alpha value is -1.55. The van der Waals surface area contributed by atoms with Gasteiger partial charge in [-0.15, -0.1) is 0 Å². The van der Waals surface area contributed by atoms with E-state index in [1.807, 2.05) is 30.3 Å². The van der Waals surface area contributed by atoms with Crippen molar-refractivity contribution in [3.8, 4) is 0 Å². The van der Waals surface area contributed by atoms with Gasteiger partial charge < -0.3 is 15.3 Å². The molecule has 0 aliphatic rings. The minimum absolute atomic E-state index is 0.000359. The first kappa shape index (κ1) is 20.5. The molecule has 0 spiro atoms. The van der Waals surface area contributed by atoms with E-state index < -0.39 is 0 Å². The summed E-state index contributed by atoms with van der Waals surface area (Å²) in [5.41, 5.74) is 0.789. The number of urea groups is 1. The van der Waals surface area contributed by atoms with Crippen molar-refractivity contribution in [3.05, 3.63) is 30.3 Å². The van der Waals surface area contributed by atoms with Crippen LogP contribution >= 0.6 is 0 Å². The highest BCUT2D eigenvalue weighted by atomic mass is 16.3. The minimum Gasteiger partial charge on any atom is -0.395 e. The van der Waals surface area contributed by atoms with E-state index in [9.17, 15) is 9.90 Å². The molecule has 0 saturated carbocycles. The molecule has 0 atom stereocenters. The molecule has 0 radical (unpaired) electrons. The van der Waals surface area contributed by atoms with Gasteiger partial charge in [-0.05, 0) is 18.6 Å². The summed E-state index contributed by atoms with van der Waals surface area (Å²) in [6.07, 6.45) is 11.4. The maximum Gasteiger partial charge on any atom is 0.321 e. The lowest BCUT2D eigenvalue weighted by Crippen LogP contribution is -2.37. The number of nitrogens with zero attached hydrogens (tertiary/aromatic N) is 1. The van der Waals surface area contributed by atoms with Crippen LogP contribution in [0.5, 0.6) is 0 Å². The molecule has 1 aromatic rings. The van der Waals surface area contributed by atoms with Gasteiger partial charge in [0.25, 0.3) is 0 Å². The Morgan fingerprint density at radius 2 is 1.50 bits per heavy atom. The minimum atomic E-state index is -0.130. The van der Waals surface area contributed by atoms with Crippen molar-refractivity contribution in [2.45, 2.75) is 64.7 Å². The van der Waals surface area contributed by atoms with Crippen molar-refractivity contribution < 1.29 is 9.90 Å². The topological polar surface area (TPSA) is 52.6 Å². The van der Waals surface area contributed by atoms with Gasteiger partial charge in [-0.3, -0.25) is 0 Å². The Morgan fingerprint density at radius 1 is 0.917 bits per heavy atom. The van der Waals surface area contributed by atoms with Crippen molar-refractivity contribution in [1.82, 2.24) is 4.90 Å². The zero-order chi connectivity index (χ0) is 17.5. The van der Waals surface area contributed by atoms with Gasteiger partial charge in [-0.2, -0.15) is 0 Å². The average Bonchev–Trinajstić information content (AvgIpc) is 2.60. The summed E-state index contributed by atoms with van der Waals surface area (Å²) in [5, 5.41) is 12.1. The lowest BCUT2D eigenvalue weighted by Gasteiger charge is -2.22. The van der Waals surface area contributed by atoms with Crippen LogP contribution in [0.1, 0.15) is 64.7 Å². The van der Waals surface area contributed by atoms with E-state index in [-0.39, 0.29) is 12.6 Å². The van der Waals surface area contributed by atoms with Crippen LogP contribution in [0.15, 0.2) is 30.3 Å². The number of hydrogen-bond donors (Lipinski definition) is 2. The zero-order valence-electron chi connectivity index (χ0n) is 15.2. The third-order valence-electron chi connectivity index (χ3n) is 4.21. The van der Waals surface area contributed by atoms with Gasteiger partial charge in [0.15, 0.2) is 0 Å². The molecule has 0 unspecified atom stereocenters. The quantitative estimate of drug-likeness (QED) is 0.496. The van der Waals surface area contributed by atoms with Gasteiger partial charge in [0.2, 0.25) is 0 Å². The number of rotatable bonds is 13. The second-order valence-electron chi connectivity index (χ2n) is 6.34. The summed E-state index contributed by atoms with van der Waals surface area (Å²) in [7, 11) is 0. The smallest absolute Gasteiger partial charge is 0.321 e. The molecule has 0 aliphatic heterocycles. The van der Waals surface area contributed by atoms with E-state index in [0.717, 1.165) is 18.5 Å². The lowest BCUT2D eigenvalue weighted by atomic mass is 10.1. The third kappa shape index (κ3) is 9.56. The highest BCUT2D eigenvalue weighted by Gasteiger charge is 2.12. The molecule has 0 aromatic heterocycles. The second-order valence-corrected chi connectivity index (χ2v) is 6.34. The molecule has 4 heteroatoms. The summed E-state index contributed by atoms with van der Waals surface area (Å²) in [5.74, 6) is 0. The summed E-state index contributed by atoms with van der Waals surface area (Å²) in [4.78, 5) is 14.0. The van der Waals surface area contributed by atoms with E-state index in [4.69, 9.17) is 0 Å². The standard InChI is InChI=1S/C20H34N2O2/c1-2-3-4-5-6-7-8-9-13-16-22(17-18-23)20(24)21-19-14-11-10-12-15-19/h10-12,14-15,23H,2-9,13,16-18H2,1H3,(H,21,24). The fourth-order valence-corrected chi connectivity index (χ4v) is 2.77. The molecule has 2 N–H and O–H groups in total. The van der Waals surface area contributed by atoms with Crippen LogP contribution in [0.3, 0.4) is 0 Å². The molecule has 24 heavy (non-hydrogen) atoms. The van der Waals surface area contributed by atoms with Crippen LogP contribution in [-0.4, -0.2) is 35.7 Å². The molecule has 2 amide bonds. The van der Waals surface area contributed by atoms with E-state index >= 15 is 0 Å². The summed E-state index contributed by atoms with van der Waals surface area (Å²) in [6, 6.07) is 9.32. The molecule has 136 valence electrons. The fraction of sp³-hybridized carbons (Fsp3) is 0.650. The fourth-order valence-electron chi connectivity index (χ4n) is 2.77. The normalized spacial score (nSPS) is 10.6. The molecule has 1 rings (SSSR count). The Morgan fingerprint density at radius 3 is 2.08 bits per heavy atom. The van der Waals surface area contributed by atoms with E-state index in [1.54, 1.807) is 4.90 Å². The number of amides is 2. The first-order valence-electron chi connectivity index (χ1n) is 9.49. The lowest BCUT2D eigenvalue weighted by molar-refractivity contribution is 0.187. The van der Waals surface area contributed by atoms with Gasteiger partial charge in [0.05, 0.1) is 6.61 Å². The van der Waals surface area contributed by atoms with Gasteiger partial charge in [0, 0.05) is 18.8 Å². The van der Waals surface area contributed by atoms with Gasteiger partial charge >= 0.3 is 6.03 Å². The Kier molecular flexibility index (Phi) is 11.8. The maximum atomic E-state index is 12.3. The Bertz CT molecular complexity index is 423. The third-order valence-corrected chi connectivity index (χ3v) is 4.21. The Balaban J connectivity index is 2.17. The first-order chi connectivity index (χ1) is 11.8. The molecular formula is C20H34N2O2. The molecule has 0 fully saturated rings. The number of carbonyl (C=O) groups excluding carboxylic acids is 1. The average molecular weight is 335 g/mol. The molecular weight excluding hydrogens is 300 g/mol. The number of hydrogen-bond acceptors (Lipinski definition) is 2. The van der Waals surface area contributed by atoms with Crippen LogP contribution in [0.2, 0.25) is 0 Å². The molecule has 0 aliphatic carbocycles. The Labute approximate surface area is 147 Å². The predicted molar refractivity (Wildman–Crippen MR) is 101 cm³/mol. The highest BCUT2D eigenvalue weighted by molar-refractivity contribution is 5.89. The largest absolute Gasteiger partial charge is 0.395 e. The van der Waals surface area contributed by atoms with E-state index in [1.165, 1.54) is 44.9 Å². The van der Waals surface area contributed by atoms with Crippen molar-refractivity contribution >= 4 is 11.7 Å². The number of aliphatic hydroxyl groups excluding tert-OH is 1. The maximum absolute atomic E-state index is 12.3. The van der Waals surface area contributed by atoms with E-state index in [0.29, 0.717) is 13.1 Å². The van der Waals surface area contributed by atoms with Crippen LogP contribution in [0.4, 0.5) is 10.5 Å². The number of aliphatic hydroxyl groups is 1.